The summed E-state index contributed by atoms with van der Waals surface area (Å²) in [6.45, 7) is 6.25. The van der Waals surface area contributed by atoms with E-state index in [0.717, 1.165) is 48.4 Å². The first-order chi connectivity index (χ1) is 10.2. The van der Waals surface area contributed by atoms with Crippen molar-refractivity contribution < 1.29 is 0 Å². The third-order valence-electron chi connectivity index (χ3n) is 3.94. The van der Waals surface area contributed by atoms with Crippen molar-refractivity contribution in [1.82, 2.24) is 0 Å². The van der Waals surface area contributed by atoms with Crippen LogP contribution in [0, 0.1) is 5.92 Å². The monoisotopic (exact) mass is 284 g/mol. The van der Waals surface area contributed by atoms with Crippen LogP contribution in [0.5, 0.6) is 0 Å². The predicted octanol–water partition coefficient (Wildman–Crippen LogP) is 2.85. The topological polar surface area (TPSA) is 76.8 Å². The summed E-state index contributed by atoms with van der Waals surface area (Å²) in [5, 5.41) is 0. The van der Waals surface area contributed by atoms with Gasteiger partial charge in [-0.25, -0.2) is 0 Å². The van der Waals surface area contributed by atoms with Gasteiger partial charge in [0.1, 0.15) is 0 Å². The molecule has 0 amide bonds. The van der Waals surface area contributed by atoms with Gasteiger partial charge in [-0.2, -0.15) is 0 Å². The van der Waals surface area contributed by atoms with Gasteiger partial charge in [0.2, 0.25) is 0 Å². The van der Waals surface area contributed by atoms with Crippen LogP contribution in [-0.4, -0.2) is 19.1 Å². The largest absolute Gasteiger partial charge is 0.402 e. The molecule has 1 unspecified atom stereocenters. The van der Waals surface area contributed by atoms with E-state index in [1.165, 1.54) is 5.57 Å². The number of hydrogen-bond acceptors (Lipinski definition) is 4. The number of aliphatic imine (C=N–C) groups is 2. The summed E-state index contributed by atoms with van der Waals surface area (Å²) in [6.07, 6.45) is 12.1. The third kappa shape index (κ3) is 3.79. The van der Waals surface area contributed by atoms with Gasteiger partial charge in [-0.05, 0) is 32.1 Å². The first kappa shape index (κ1) is 15.4. The molecule has 4 heteroatoms. The van der Waals surface area contributed by atoms with E-state index < -0.39 is 0 Å². The van der Waals surface area contributed by atoms with Crippen LogP contribution in [-0.2, 0) is 0 Å². The van der Waals surface area contributed by atoms with Crippen LogP contribution in [0.1, 0.15) is 32.6 Å². The van der Waals surface area contributed by atoms with E-state index in [2.05, 4.69) is 41.9 Å². The van der Waals surface area contributed by atoms with Gasteiger partial charge in [0, 0.05) is 29.3 Å². The van der Waals surface area contributed by atoms with Crippen molar-refractivity contribution in [1.29, 1.82) is 0 Å². The molecule has 0 aromatic rings. The van der Waals surface area contributed by atoms with Gasteiger partial charge in [-0.3, -0.25) is 9.98 Å². The molecule has 0 aromatic heterocycles. The molecule has 0 bridgehead atoms. The molecule has 21 heavy (non-hydrogen) atoms. The molecule has 2 rings (SSSR count). The van der Waals surface area contributed by atoms with E-state index in [1.54, 1.807) is 0 Å². The van der Waals surface area contributed by atoms with Crippen LogP contribution >= 0.6 is 0 Å². The minimum atomic E-state index is 0.308. The second-order valence-corrected chi connectivity index (χ2v) is 5.52. The highest BCUT2D eigenvalue weighted by atomic mass is 14.9. The summed E-state index contributed by atoms with van der Waals surface area (Å²) in [4.78, 5) is 8.63. The molecule has 0 heterocycles. The van der Waals surface area contributed by atoms with Crippen molar-refractivity contribution in [2.24, 2.45) is 27.4 Å². The zero-order valence-electron chi connectivity index (χ0n) is 12.7. The second kappa shape index (κ2) is 7.18. The fraction of sp³-hybridized carbons (Fsp3) is 0.412. The fourth-order valence-corrected chi connectivity index (χ4v) is 2.85. The Morgan fingerprint density at radius 3 is 2.81 bits per heavy atom. The van der Waals surface area contributed by atoms with Crippen molar-refractivity contribution in [3.63, 3.8) is 0 Å². The van der Waals surface area contributed by atoms with Gasteiger partial charge in [0.25, 0.3) is 0 Å². The molecular weight excluding hydrogens is 260 g/mol. The summed E-state index contributed by atoms with van der Waals surface area (Å²) in [6, 6.07) is 0. The quantitative estimate of drug-likeness (QED) is 0.762. The molecule has 2 aliphatic rings. The van der Waals surface area contributed by atoms with E-state index in [1.807, 2.05) is 6.08 Å². The SMILES string of the molecule is C=N/C(=C1/C=CC/C1=N/CN)C(C)CC1=CC=C(N)CC1. The van der Waals surface area contributed by atoms with Crippen molar-refractivity contribution in [2.75, 3.05) is 6.67 Å². The second-order valence-electron chi connectivity index (χ2n) is 5.52. The third-order valence-corrected chi connectivity index (χ3v) is 3.94. The summed E-state index contributed by atoms with van der Waals surface area (Å²) < 4.78 is 0. The number of hydrogen-bond donors (Lipinski definition) is 2. The van der Waals surface area contributed by atoms with E-state index in [4.69, 9.17) is 11.5 Å². The average molecular weight is 284 g/mol. The minimum Gasteiger partial charge on any atom is -0.402 e. The molecule has 0 aliphatic heterocycles. The Morgan fingerprint density at radius 1 is 1.38 bits per heavy atom. The zero-order valence-corrected chi connectivity index (χ0v) is 12.7. The van der Waals surface area contributed by atoms with Crippen molar-refractivity contribution in [2.45, 2.75) is 32.6 Å². The maximum Gasteiger partial charge on any atom is 0.0863 e. The van der Waals surface area contributed by atoms with E-state index >= 15 is 0 Å². The molecule has 1 atom stereocenters. The number of nitrogens with two attached hydrogens (primary N) is 2. The number of nitrogens with zero attached hydrogens (tertiary/aromatic N) is 2. The highest BCUT2D eigenvalue weighted by molar-refractivity contribution is 6.06. The van der Waals surface area contributed by atoms with Crippen LogP contribution in [0.3, 0.4) is 0 Å². The molecule has 0 saturated carbocycles. The van der Waals surface area contributed by atoms with Gasteiger partial charge in [0.05, 0.1) is 12.4 Å². The number of allylic oxidation sites excluding steroid dienone is 8. The van der Waals surface area contributed by atoms with Gasteiger partial charge in [-0.1, -0.05) is 30.7 Å². The average Bonchev–Trinajstić information content (AvgIpc) is 2.91. The van der Waals surface area contributed by atoms with Crippen molar-refractivity contribution >= 4 is 12.4 Å². The Morgan fingerprint density at radius 2 is 2.19 bits per heavy atom. The lowest BCUT2D eigenvalue weighted by Crippen LogP contribution is -2.09. The Hall–Kier alpha value is -1.94. The smallest absolute Gasteiger partial charge is 0.0863 e. The first-order valence-electron chi connectivity index (χ1n) is 7.41. The van der Waals surface area contributed by atoms with E-state index in [-0.39, 0.29) is 0 Å². The molecule has 4 N–H and O–H groups in total. The Labute approximate surface area is 126 Å². The molecule has 0 fully saturated rings. The summed E-state index contributed by atoms with van der Waals surface area (Å²) in [7, 11) is 0. The Bertz CT molecular complexity index is 561. The molecule has 0 spiro atoms. The molecule has 4 nitrogen and oxygen atoms in total. The van der Waals surface area contributed by atoms with Crippen LogP contribution in [0.2, 0.25) is 0 Å². The fourth-order valence-electron chi connectivity index (χ4n) is 2.85. The van der Waals surface area contributed by atoms with Gasteiger partial charge in [-0.15, -0.1) is 0 Å². The van der Waals surface area contributed by atoms with Gasteiger partial charge < -0.3 is 11.5 Å². The summed E-state index contributed by atoms with van der Waals surface area (Å²) in [5.74, 6) is 0.308. The normalized spacial score (nSPS) is 23.8. The maximum absolute atomic E-state index is 5.81. The predicted molar refractivity (Wildman–Crippen MR) is 90.2 cm³/mol. The van der Waals surface area contributed by atoms with Crippen LogP contribution in [0.25, 0.3) is 0 Å². The highest BCUT2D eigenvalue weighted by Gasteiger charge is 2.19. The molecule has 0 saturated heterocycles. The lowest BCUT2D eigenvalue weighted by Gasteiger charge is -2.19. The van der Waals surface area contributed by atoms with E-state index in [0.29, 0.717) is 12.6 Å². The van der Waals surface area contributed by atoms with Gasteiger partial charge >= 0.3 is 0 Å². The molecular formula is C17H24N4. The van der Waals surface area contributed by atoms with Crippen LogP contribution < -0.4 is 11.5 Å². The standard InChI is InChI=1S/C17H24N4/c1-12(10-13-6-8-14(19)9-7-13)17(20-2)15-4-3-5-16(15)21-11-18/h3-4,6,8,12H,2,5,7,9-11,18-19H2,1H3/b17-15-,21-16-. The molecule has 0 aromatic carbocycles. The van der Waals surface area contributed by atoms with Gasteiger partial charge in [0.15, 0.2) is 0 Å². The molecule has 2 aliphatic carbocycles. The summed E-state index contributed by atoms with van der Waals surface area (Å²) >= 11 is 0. The van der Waals surface area contributed by atoms with Crippen LogP contribution in [0.15, 0.2) is 56.8 Å². The molecule has 0 radical (unpaired) electrons. The first-order valence-corrected chi connectivity index (χ1v) is 7.41. The lowest BCUT2D eigenvalue weighted by molar-refractivity contribution is 0.639. The summed E-state index contributed by atoms with van der Waals surface area (Å²) in [5.41, 5.74) is 16.8. The highest BCUT2D eigenvalue weighted by Crippen LogP contribution is 2.30. The zero-order chi connectivity index (χ0) is 15.2. The van der Waals surface area contributed by atoms with Crippen molar-refractivity contribution in [3.8, 4) is 0 Å². The maximum atomic E-state index is 5.81. The Balaban J connectivity index is 2.19. The molecule has 112 valence electrons. The number of rotatable bonds is 5. The van der Waals surface area contributed by atoms with E-state index in [9.17, 15) is 0 Å². The van der Waals surface area contributed by atoms with Crippen LogP contribution in [0.4, 0.5) is 0 Å². The lowest BCUT2D eigenvalue weighted by atomic mass is 9.90. The Kier molecular flexibility index (Phi) is 5.28. The van der Waals surface area contributed by atoms with Crippen molar-refractivity contribution in [3.05, 3.63) is 46.8 Å². The minimum absolute atomic E-state index is 0.308.